The highest BCUT2D eigenvalue weighted by Crippen LogP contribution is 2.30. The van der Waals surface area contributed by atoms with E-state index in [4.69, 9.17) is 0 Å². The van der Waals surface area contributed by atoms with Crippen LogP contribution in [0, 0.1) is 5.92 Å². The van der Waals surface area contributed by atoms with Crippen molar-refractivity contribution in [3.8, 4) is 0 Å². The van der Waals surface area contributed by atoms with Crippen molar-refractivity contribution in [1.29, 1.82) is 0 Å². The lowest BCUT2D eigenvalue weighted by Gasteiger charge is -2.24. The number of hydrogen-bond acceptors (Lipinski definition) is 4. The molecule has 3 rings (SSSR count). The topological polar surface area (TPSA) is 50.2 Å². The zero-order chi connectivity index (χ0) is 16.4. The molecule has 1 N–H and O–H groups in total. The summed E-state index contributed by atoms with van der Waals surface area (Å²) in [4.78, 5) is 15.9. The third-order valence-corrected chi connectivity index (χ3v) is 5.22. The standard InChI is InChI=1S/C17H22N4OS.ClH/c1-20-11-12(8-19-20)15-9-18-10-16(15)17(22)21(2)13-4-6-14(23-3)7-5-13;/h4-8,11,15-16,18H,9-10H2,1-3H3;1H/t15-,16+;/m1./s1. The van der Waals surface area contributed by atoms with Crippen LogP contribution in [0.4, 0.5) is 5.69 Å². The molecule has 1 amide bonds. The van der Waals surface area contributed by atoms with E-state index in [1.54, 1.807) is 21.3 Å². The summed E-state index contributed by atoms with van der Waals surface area (Å²) in [7, 11) is 3.76. The molecule has 0 bridgehead atoms. The number of aromatic nitrogens is 2. The van der Waals surface area contributed by atoms with Gasteiger partial charge in [0.25, 0.3) is 0 Å². The molecule has 2 atom stereocenters. The molecule has 0 aliphatic carbocycles. The van der Waals surface area contributed by atoms with Crippen LogP contribution in [0.15, 0.2) is 41.6 Å². The van der Waals surface area contributed by atoms with Gasteiger partial charge in [0.1, 0.15) is 0 Å². The van der Waals surface area contributed by atoms with Gasteiger partial charge in [0, 0.05) is 49.9 Å². The molecule has 1 aromatic carbocycles. The number of hydrogen-bond donors (Lipinski definition) is 1. The first-order valence-corrected chi connectivity index (χ1v) is 8.93. The Balaban J connectivity index is 0.00000208. The Hall–Kier alpha value is -1.50. The normalized spacial score (nSPS) is 19.8. The molecule has 1 aliphatic heterocycles. The predicted octanol–water partition coefficient (Wildman–Crippen LogP) is 2.53. The molecule has 7 heteroatoms. The lowest BCUT2D eigenvalue weighted by molar-refractivity contribution is -0.121. The average molecular weight is 367 g/mol. The summed E-state index contributed by atoms with van der Waals surface area (Å²) >= 11 is 1.70. The van der Waals surface area contributed by atoms with Crippen molar-refractivity contribution in [2.45, 2.75) is 10.8 Å². The monoisotopic (exact) mass is 366 g/mol. The number of nitrogens with zero attached hydrogens (tertiary/aromatic N) is 3. The van der Waals surface area contributed by atoms with Gasteiger partial charge in [-0.05, 0) is 36.1 Å². The van der Waals surface area contributed by atoms with Crippen LogP contribution < -0.4 is 10.2 Å². The number of aryl methyl sites for hydroxylation is 1. The first-order valence-electron chi connectivity index (χ1n) is 7.71. The molecule has 24 heavy (non-hydrogen) atoms. The first kappa shape index (κ1) is 18.8. The minimum Gasteiger partial charge on any atom is -0.315 e. The summed E-state index contributed by atoms with van der Waals surface area (Å²) in [5.41, 5.74) is 2.06. The molecule has 1 aliphatic rings. The van der Waals surface area contributed by atoms with Crippen molar-refractivity contribution in [3.63, 3.8) is 0 Å². The average Bonchev–Trinajstić information content (AvgIpc) is 3.22. The van der Waals surface area contributed by atoms with E-state index in [0.29, 0.717) is 6.54 Å². The maximum Gasteiger partial charge on any atom is 0.231 e. The molecular formula is C17H23ClN4OS. The number of carbonyl (C=O) groups is 1. The Labute approximate surface area is 153 Å². The van der Waals surface area contributed by atoms with Crippen molar-refractivity contribution in [2.75, 3.05) is 31.3 Å². The Kier molecular flexibility index (Phi) is 6.32. The van der Waals surface area contributed by atoms with E-state index < -0.39 is 0 Å². The van der Waals surface area contributed by atoms with E-state index in [-0.39, 0.29) is 30.2 Å². The van der Waals surface area contributed by atoms with E-state index in [2.05, 4.69) is 22.5 Å². The second kappa shape index (κ2) is 8.05. The number of amides is 1. The fourth-order valence-corrected chi connectivity index (χ4v) is 3.51. The molecule has 130 valence electrons. The lowest BCUT2D eigenvalue weighted by atomic mass is 9.90. The van der Waals surface area contributed by atoms with Gasteiger partial charge in [-0.2, -0.15) is 5.10 Å². The molecule has 1 saturated heterocycles. The van der Waals surface area contributed by atoms with Gasteiger partial charge in [-0.3, -0.25) is 9.48 Å². The summed E-state index contributed by atoms with van der Waals surface area (Å²) in [6, 6.07) is 8.11. The second-order valence-corrected chi connectivity index (χ2v) is 6.79. The van der Waals surface area contributed by atoms with Crippen LogP contribution >= 0.6 is 24.2 Å². The van der Waals surface area contributed by atoms with Gasteiger partial charge in [0.2, 0.25) is 5.91 Å². The lowest BCUT2D eigenvalue weighted by Crippen LogP contribution is -2.36. The van der Waals surface area contributed by atoms with E-state index in [1.807, 2.05) is 44.9 Å². The fraction of sp³-hybridized carbons (Fsp3) is 0.412. The van der Waals surface area contributed by atoms with Gasteiger partial charge in [-0.25, -0.2) is 0 Å². The largest absolute Gasteiger partial charge is 0.315 e. The van der Waals surface area contributed by atoms with E-state index in [1.165, 1.54) is 4.90 Å². The molecule has 0 saturated carbocycles. The van der Waals surface area contributed by atoms with Crippen LogP contribution in [-0.4, -0.2) is 42.1 Å². The van der Waals surface area contributed by atoms with Crippen LogP contribution in [0.3, 0.4) is 0 Å². The molecule has 2 heterocycles. The number of halogens is 1. The molecule has 1 fully saturated rings. The van der Waals surface area contributed by atoms with Crippen LogP contribution in [0.2, 0.25) is 0 Å². The highest BCUT2D eigenvalue weighted by atomic mass is 35.5. The summed E-state index contributed by atoms with van der Waals surface area (Å²) in [5, 5.41) is 7.59. The van der Waals surface area contributed by atoms with E-state index in [9.17, 15) is 4.79 Å². The van der Waals surface area contributed by atoms with Crippen molar-refractivity contribution in [1.82, 2.24) is 15.1 Å². The van der Waals surface area contributed by atoms with Crippen LogP contribution in [0.25, 0.3) is 0 Å². The Bertz CT molecular complexity index is 688. The number of rotatable bonds is 4. The molecule has 0 spiro atoms. The Morgan fingerprint density at radius 1 is 1.33 bits per heavy atom. The number of anilines is 1. The zero-order valence-electron chi connectivity index (χ0n) is 14.1. The smallest absolute Gasteiger partial charge is 0.231 e. The van der Waals surface area contributed by atoms with Crippen molar-refractivity contribution in [2.24, 2.45) is 13.0 Å². The van der Waals surface area contributed by atoms with Crippen LogP contribution in [0.1, 0.15) is 11.5 Å². The van der Waals surface area contributed by atoms with Crippen molar-refractivity contribution in [3.05, 3.63) is 42.2 Å². The van der Waals surface area contributed by atoms with E-state index in [0.717, 1.165) is 17.8 Å². The van der Waals surface area contributed by atoms with Gasteiger partial charge in [-0.15, -0.1) is 24.2 Å². The van der Waals surface area contributed by atoms with Gasteiger partial charge < -0.3 is 10.2 Å². The number of carbonyl (C=O) groups excluding carboxylic acids is 1. The molecule has 0 unspecified atom stereocenters. The third kappa shape index (κ3) is 3.77. The molecule has 1 aromatic heterocycles. The summed E-state index contributed by atoms with van der Waals surface area (Å²) in [5.74, 6) is 0.286. The van der Waals surface area contributed by atoms with E-state index >= 15 is 0 Å². The van der Waals surface area contributed by atoms with Gasteiger partial charge in [0.15, 0.2) is 0 Å². The van der Waals surface area contributed by atoms with Gasteiger partial charge in [0.05, 0.1) is 12.1 Å². The number of thioether (sulfide) groups is 1. The maximum absolute atomic E-state index is 12.9. The molecular weight excluding hydrogens is 344 g/mol. The molecule has 0 radical (unpaired) electrons. The van der Waals surface area contributed by atoms with Crippen molar-refractivity contribution >= 4 is 35.8 Å². The number of nitrogens with one attached hydrogen (secondary N) is 1. The zero-order valence-corrected chi connectivity index (χ0v) is 15.7. The molecule has 5 nitrogen and oxygen atoms in total. The maximum atomic E-state index is 12.9. The quantitative estimate of drug-likeness (QED) is 0.845. The summed E-state index contributed by atoms with van der Waals surface area (Å²) < 4.78 is 1.79. The first-order chi connectivity index (χ1) is 11.1. The van der Waals surface area contributed by atoms with Crippen molar-refractivity contribution < 1.29 is 4.79 Å². The highest BCUT2D eigenvalue weighted by molar-refractivity contribution is 7.98. The fourth-order valence-electron chi connectivity index (χ4n) is 3.10. The molecule has 2 aromatic rings. The summed E-state index contributed by atoms with van der Waals surface area (Å²) in [6.45, 7) is 1.53. The third-order valence-electron chi connectivity index (χ3n) is 4.47. The van der Waals surface area contributed by atoms with Crippen LogP contribution in [0.5, 0.6) is 0 Å². The SMILES string of the molecule is CSc1ccc(N(C)C(=O)[C@H]2CNC[C@@H]2c2cnn(C)c2)cc1.Cl. The predicted molar refractivity (Wildman–Crippen MR) is 101 cm³/mol. The van der Waals surface area contributed by atoms with Gasteiger partial charge in [-0.1, -0.05) is 0 Å². The number of benzene rings is 1. The highest BCUT2D eigenvalue weighted by Gasteiger charge is 2.36. The van der Waals surface area contributed by atoms with Crippen LogP contribution in [-0.2, 0) is 11.8 Å². The minimum atomic E-state index is -0.0515. The Morgan fingerprint density at radius 2 is 2.04 bits per heavy atom. The Morgan fingerprint density at radius 3 is 2.62 bits per heavy atom. The van der Waals surface area contributed by atoms with Gasteiger partial charge >= 0.3 is 0 Å². The minimum absolute atomic E-state index is 0. The second-order valence-electron chi connectivity index (χ2n) is 5.91. The summed E-state index contributed by atoms with van der Waals surface area (Å²) in [6.07, 6.45) is 5.92.